The molecule has 0 aliphatic heterocycles. The standard InChI is InChI=1S/C15H16BrN3O/c1-3-17-13-9-5-8-12(18-13)15(20)19-11-7-4-6-10(2)14(11)16/h4-9H,3H2,1-2H3,(H,17,18)(H,19,20). The Kier molecular flexibility index (Phi) is 4.74. The van der Waals surface area contributed by atoms with Crippen LogP contribution < -0.4 is 10.6 Å². The van der Waals surface area contributed by atoms with Crippen LogP contribution in [0.5, 0.6) is 0 Å². The van der Waals surface area contributed by atoms with E-state index in [9.17, 15) is 4.79 Å². The third kappa shape index (κ3) is 3.36. The van der Waals surface area contributed by atoms with Gasteiger partial charge in [-0.15, -0.1) is 0 Å². The van der Waals surface area contributed by atoms with Crippen LogP contribution in [-0.2, 0) is 0 Å². The molecule has 0 aliphatic rings. The van der Waals surface area contributed by atoms with Crippen LogP contribution in [0.1, 0.15) is 23.0 Å². The Bertz CT molecular complexity index is 628. The quantitative estimate of drug-likeness (QED) is 0.893. The van der Waals surface area contributed by atoms with Gasteiger partial charge in [0.1, 0.15) is 11.5 Å². The lowest BCUT2D eigenvalue weighted by atomic mass is 10.2. The van der Waals surface area contributed by atoms with Crippen LogP contribution >= 0.6 is 15.9 Å². The molecule has 0 bridgehead atoms. The van der Waals surface area contributed by atoms with Crippen molar-refractivity contribution in [1.82, 2.24) is 4.98 Å². The summed E-state index contributed by atoms with van der Waals surface area (Å²) in [5.74, 6) is 0.472. The van der Waals surface area contributed by atoms with E-state index < -0.39 is 0 Å². The van der Waals surface area contributed by atoms with E-state index in [1.54, 1.807) is 6.07 Å². The number of halogens is 1. The van der Waals surface area contributed by atoms with Gasteiger partial charge in [0.15, 0.2) is 0 Å². The average Bonchev–Trinajstić information content (AvgIpc) is 2.44. The Hall–Kier alpha value is -1.88. The highest BCUT2D eigenvalue weighted by Gasteiger charge is 2.10. The number of hydrogen-bond acceptors (Lipinski definition) is 3. The fourth-order valence-electron chi connectivity index (χ4n) is 1.77. The predicted molar refractivity (Wildman–Crippen MR) is 85.2 cm³/mol. The number of carbonyl (C=O) groups excluding carboxylic acids is 1. The number of anilines is 2. The minimum Gasteiger partial charge on any atom is -0.370 e. The van der Waals surface area contributed by atoms with Gasteiger partial charge in [0, 0.05) is 11.0 Å². The highest BCUT2D eigenvalue weighted by atomic mass is 79.9. The van der Waals surface area contributed by atoms with Crippen LogP contribution in [-0.4, -0.2) is 17.4 Å². The molecule has 2 rings (SSSR count). The molecule has 5 heteroatoms. The van der Waals surface area contributed by atoms with Crippen molar-refractivity contribution in [3.05, 3.63) is 52.1 Å². The van der Waals surface area contributed by atoms with Gasteiger partial charge in [-0.05, 0) is 53.5 Å². The second kappa shape index (κ2) is 6.52. The molecule has 20 heavy (non-hydrogen) atoms. The van der Waals surface area contributed by atoms with Gasteiger partial charge in [0.25, 0.3) is 5.91 Å². The number of amides is 1. The van der Waals surface area contributed by atoms with Crippen molar-refractivity contribution in [3.8, 4) is 0 Å². The van der Waals surface area contributed by atoms with E-state index in [1.807, 2.05) is 44.2 Å². The maximum atomic E-state index is 12.2. The fourth-order valence-corrected chi connectivity index (χ4v) is 2.13. The smallest absolute Gasteiger partial charge is 0.274 e. The second-order valence-electron chi connectivity index (χ2n) is 4.33. The molecule has 1 amide bonds. The summed E-state index contributed by atoms with van der Waals surface area (Å²) < 4.78 is 0.885. The zero-order chi connectivity index (χ0) is 14.5. The molecule has 0 spiro atoms. The van der Waals surface area contributed by atoms with Crippen molar-refractivity contribution in [2.24, 2.45) is 0 Å². The Morgan fingerprint density at radius 2 is 2.00 bits per heavy atom. The number of nitrogens with zero attached hydrogens (tertiary/aromatic N) is 1. The molecular weight excluding hydrogens is 318 g/mol. The van der Waals surface area contributed by atoms with Crippen LogP contribution in [0.2, 0.25) is 0 Å². The monoisotopic (exact) mass is 333 g/mol. The molecular formula is C15H16BrN3O. The van der Waals surface area contributed by atoms with Crippen molar-refractivity contribution in [3.63, 3.8) is 0 Å². The summed E-state index contributed by atoms with van der Waals surface area (Å²) in [7, 11) is 0. The van der Waals surface area contributed by atoms with Crippen LogP contribution in [0.3, 0.4) is 0 Å². The molecule has 0 saturated carbocycles. The molecule has 0 unspecified atom stereocenters. The molecule has 0 aliphatic carbocycles. The largest absolute Gasteiger partial charge is 0.370 e. The molecule has 1 heterocycles. The number of hydrogen-bond donors (Lipinski definition) is 2. The predicted octanol–water partition coefficient (Wildman–Crippen LogP) is 3.84. The maximum absolute atomic E-state index is 12.2. The van der Waals surface area contributed by atoms with Crippen LogP contribution in [0.25, 0.3) is 0 Å². The van der Waals surface area contributed by atoms with E-state index in [4.69, 9.17) is 0 Å². The van der Waals surface area contributed by atoms with Gasteiger partial charge in [0.05, 0.1) is 5.69 Å². The van der Waals surface area contributed by atoms with Crippen molar-refractivity contribution in [2.45, 2.75) is 13.8 Å². The van der Waals surface area contributed by atoms with E-state index >= 15 is 0 Å². The van der Waals surface area contributed by atoms with Gasteiger partial charge in [-0.1, -0.05) is 18.2 Å². The molecule has 0 radical (unpaired) electrons. The normalized spacial score (nSPS) is 10.2. The van der Waals surface area contributed by atoms with E-state index in [-0.39, 0.29) is 5.91 Å². The molecule has 0 saturated heterocycles. The molecule has 104 valence electrons. The number of nitrogens with one attached hydrogen (secondary N) is 2. The number of pyridine rings is 1. The average molecular weight is 334 g/mol. The van der Waals surface area contributed by atoms with Crippen LogP contribution in [0.15, 0.2) is 40.9 Å². The molecule has 1 aromatic carbocycles. The SMILES string of the molecule is CCNc1cccc(C(=O)Nc2cccc(C)c2Br)n1. The van der Waals surface area contributed by atoms with E-state index in [0.717, 1.165) is 22.3 Å². The van der Waals surface area contributed by atoms with Gasteiger partial charge >= 0.3 is 0 Å². The molecule has 0 fully saturated rings. The highest BCUT2D eigenvalue weighted by Crippen LogP contribution is 2.26. The summed E-state index contributed by atoms with van der Waals surface area (Å²) in [6.45, 7) is 4.73. The number of carbonyl (C=O) groups is 1. The molecule has 0 atom stereocenters. The van der Waals surface area contributed by atoms with E-state index in [1.165, 1.54) is 0 Å². The zero-order valence-corrected chi connectivity index (χ0v) is 13.0. The lowest BCUT2D eigenvalue weighted by molar-refractivity contribution is 0.102. The summed E-state index contributed by atoms with van der Waals surface area (Å²) in [6.07, 6.45) is 0. The van der Waals surface area contributed by atoms with Crippen molar-refractivity contribution in [1.29, 1.82) is 0 Å². The minimum atomic E-state index is -0.226. The van der Waals surface area contributed by atoms with Crippen LogP contribution in [0, 0.1) is 6.92 Å². The Balaban J connectivity index is 2.19. The number of benzene rings is 1. The Morgan fingerprint density at radius 1 is 1.25 bits per heavy atom. The first-order valence-corrected chi connectivity index (χ1v) is 7.18. The fraction of sp³-hybridized carbons (Fsp3) is 0.200. The van der Waals surface area contributed by atoms with E-state index in [0.29, 0.717) is 11.5 Å². The topological polar surface area (TPSA) is 54.0 Å². The van der Waals surface area contributed by atoms with Crippen molar-refractivity contribution >= 4 is 33.3 Å². The Labute approximate surface area is 126 Å². The van der Waals surface area contributed by atoms with Gasteiger partial charge in [-0.2, -0.15) is 0 Å². The van der Waals surface area contributed by atoms with Crippen molar-refractivity contribution < 1.29 is 4.79 Å². The van der Waals surface area contributed by atoms with Gasteiger partial charge in [0.2, 0.25) is 0 Å². The van der Waals surface area contributed by atoms with Crippen LogP contribution in [0.4, 0.5) is 11.5 Å². The first kappa shape index (κ1) is 14.5. The van der Waals surface area contributed by atoms with Crippen molar-refractivity contribution in [2.75, 3.05) is 17.2 Å². The van der Waals surface area contributed by atoms with E-state index in [2.05, 4.69) is 31.5 Å². The lowest BCUT2D eigenvalue weighted by Crippen LogP contribution is -2.15. The van der Waals surface area contributed by atoms with Gasteiger partial charge in [-0.25, -0.2) is 4.98 Å². The number of rotatable bonds is 4. The first-order chi connectivity index (χ1) is 9.61. The molecule has 4 nitrogen and oxygen atoms in total. The van der Waals surface area contributed by atoms with Gasteiger partial charge < -0.3 is 10.6 Å². The number of aryl methyl sites for hydroxylation is 1. The summed E-state index contributed by atoms with van der Waals surface area (Å²) in [5, 5.41) is 5.95. The molecule has 2 N–H and O–H groups in total. The van der Waals surface area contributed by atoms with Gasteiger partial charge in [-0.3, -0.25) is 4.79 Å². The summed E-state index contributed by atoms with van der Waals surface area (Å²) in [5.41, 5.74) is 2.19. The first-order valence-electron chi connectivity index (χ1n) is 6.39. The third-order valence-electron chi connectivity index (χ3n) is 2.78. The second-order valence-corrected chi connectivity index (χ2v) is 5.12. The Morgan fingerprint density at radius 3 is 2.75 bits per heavy atom. The summed E-state index contributed by atoms with van der Waals surface area (Å²) >= 11 is 3.47. The third-order valence-corrected chi connectivity index (χ3v) is 3.83. The zero-order valence-electron chi connectivity index (χ0n) is 11.4. The highest BCUT2D eigenvalue weighted by molar-refractivity contribution is 9.10. The summed E-state index contributed by atoms with van der Waals surface area (Å²) in [4.78, 5) is 16.5. The number of aromatic nitrogens is 1. The molecule has 2 aromatic rings. The maximum Gasteiger partial charge on any atom is 0.274 e. The summed E-state index contributed by atoms with van der Waals surface area (Å²) in [6, 6.07) is 11.1. The molecule has 1 aromatic heterocycles. The lowest BCUT2D eigenvalue weighted by Gasteiger charge is -2.09. The minimum absolute atomic E-state index is 0.226.